The van der Waals surface area contributed by atoms with Gasteiger partial charge >= 0.3 is 0 Å². The summed E-state index contributed by atoms with van der Waals surface area (Å²) in [7, 11) is 0. The van der Waals surface area contributed by atoms with Crippen LogP contribution in [0.1, 0.15) is 44.0 Å². The van der Waals surface area contributed by atoms with E-state index in [1.165, 1.54) is 17.7 Å². The van der Waals surface area contributed by atoms with Crippen LogP contribution >= 0.6 is 35.3 Å². The van der Waals surface area contributed by atoms with Crippen molar-refractivity contribution in [2.24, 2.45) is 4.99 Å². The van der Waals surface area contributed by atoms with Crippen molar-refractivity contribution in [3.8, 4) is 0 Å². The maximum absolute atomic E-state index is 11.8. The van der Waals surface area contributed by atoms with Gasteiger partial charge in [-0.05, 0) is 50.7 Å². The highest BCUT2D eigenvalue weighted by molar-refractivity contribution is 14.0. The third kappa shape index (κ3) is 7.79. The van der Waals surface area contributed by atoms with Crippen molar-refractivity contribution in [1.82, 2.24) is 20.9 Å². The van der Waals surface area contributed by atoms with E-state index in [4.69, 9.17) is 0 Å². The SMILES string of the molecule is CCCNC(=O)CN=C(NCC)NCC(c1cccs1)N1CCCC1.I. The lowest BCUT2D eigenvalue weighted by Crippen LogP contribution is -2.43. The first-order valence-corrected chi connectivity index (χ1v) is 10.2. The number of amides is 1. The van der Waals surface area contributed by atoms with Crippen LogP contribution in [0.3, 0.4) is 0 Å². The summed E-state index contributed by atoms with van der Waals surface area (Å²) in [6.45, 7) is 8.80. The summed E-state index contributed by atoms with van der Waals surface area (Å²) >= 11 is 1.80. The van der Waals surface area contributed by atoms with Gasteiger partial charge in [0.05, 0.1) is 6.04 Å². The van der Waals surface area contributed by atoms with Crippen LogP contribution in [0, 0.1) is 0 Å². The highest BCUT2D eigenvalue weighted by atomic mass is 127. The Labute approximate surface area is 178 Å². The second-order valence-corrected chi connectivity index (χ2v) is 7.18. The third-order valence-corrected chi connectivity index (χ3v) is 5.19. The van der Waals surface area contributed by atoms with Gasteiger partial charge in [-0.25, -0.2) is 4.99 Å². The minimum Gasteiger partial charge on any atom is -0.357 e. The molecule has 1 aliphatic heterocycles. The standard InChI is InChI=1S/C18H31N5OS.HI/c1-3-9-20-17(24)14-22-18(19-4-2)21-13-15(16-8-7-12-25-16)23-10-5-6-11-23;/h7-8,12,15H,3-6,9-11,13-14H2,1-2H3,(H,20,24)(H2,19,21,22);1H. The molecule has 6 nitrogen and oxygen atoms in total. The van der Waals surface area contributed by atoms with Crippen molar-refractivity contribution in [2.45, 2.75) is 39.2 Å². The number of rotatable bonds is 9. The van der Waals surface area contributed by atoms with E-state index in [0.717, 1.165) is 32.6 Å². The van der Waals surface area contributed by atoms with Crippen molar-refractivity contribution in [3.63, 3.8) is 0 Å². The molecule has 0 aliphatic carbocycles. The number of nitrogens with one attached hydrogen (secondary N) is 3. The quantitative estimate of drug-likeness (QED) is 0.281. The zero-order valence-corrected chi connectivity index (χ0v) is 18.9. The number of hydrogen-bond acceptors (Lipinski definition) is 4. The maximum atomic E-state index is 11.8. The van der Waals surface area contributed by atoms with Gasteiger partial charge < -0.3 is 16.0 Å². The Kier molecular flexibility index (Phi) is 11.9. The maximum Gasteiger partial charge on any atom is 0.241 e. The first kappa shape index (κ1) is 23.2. The number of nitrogens with zero attached hydrogens (tertiary/aromatic N) is 2. The summed E-state index contributed by atoms with van der Waals surface area (Å²) in [6.07, 6.45) is 3.48. The van der Waals surface area contributed by atoms with Gasteiger partial charge in [-0.15, -0.1) is 35.3 Å². The summed E-state index contributed by atoms with van der Waals surface area (Å²) in [5.74, 6) is 0.670. The van der Waals surface area contributed by atoms with Gasteiger partial charge in [0.2, 0.25) is 5.91 Å². The molecule has 2 rings (SSSR count). The van der Waals surface area contributed by atoms with Crippen LogP contribution in [0.4, 0.5) is 0 Å². The summed E-state index contributed by atoms with van der Waals surface area (Å²) in [5, 5.41) is 11.6. The number of aliphatic imine (C=N–C) groups is 1. The van der Waals surface area contributed by atoms with Crippen LogP contribution in [0.2, 0.25) is 0 Å². The topological polar surface area (TPSA) is 68.8 Å². The van der Waals surface area contributed by atoms with Crippen molar-refractivity contribution in [1.29, 1.82) is 0 Å². The zero-order chi connectivity index (χ0) is 17.9. The summed E-state index contributed by atoms with van der Waals surface area (Å²) in [5.41, 5.74) is 0. The molecule has 0 radical (unpaired) electrons. The van der Waals surface area contributed by atoms with Gasteiger partial charge in [0.25, 0.3) is 0 Å². The second-order valence-electron chi connectivity index (χ2n) is 6.20. The van der Waals surface area contributed by atoms with E-state index >= 15 is 0 Å². The van der Waals surface area contributed by atoms with Crippen molar-refractivity contribution in [2.75, 3.05) is 39.3 Å². The lowest BCUT2D eigenvalue weighted by Gasteiger charge is -2.27. The molecule has 1 fully saturated rings. The highest BCUT2D eigenvalue weighted by Crippen LogP contribution is 2.27. The number of carbonyl (C=O) groups excluding carboxylic acids is 1. The Balaban J connectivity index is 0.00000338. The van der Waals surface area contributed by atoms with Gasteiger partial charge in [-0.2, -0.15) is 0 Å². The van der Waals surface area contributed by atoms with E-state index < -0.39 is 0 Å². The molecular weight excluding hydrogens is 461 g/mol. The number of thiophene rings is 1. The fourth-order valence-electron chi connectivity index (χ4n) is 2.95. The largest absolute Gasteiger partial charge is 0.357 e. The van der Waals surface area contributed by atoms with Gasteiger partial charge in [0.1, 0.15) is 6.54 Å². The molecular formula is C18H32IN5OS. The Hall–Kier alpha value is -0.870. The Bertz CT molecular complexity index is 532. The normalized spacial score (nSPS) is 16.0. The van der Waals surface area contributed by atoms with Crippen LogP contribution in [-0.4, -0.2) is 56.0 Å². The van der Waals surface area contributed by atoms with Crippen molar-refractivity contribution < 1.29 is 4.79 Å². The monoisotopic (exact) mass is 493 g/mol. The van der Waals surface area contributed by atoms with Gasteiger partial charge in [-0.1, -0.05) is 13.0 Å². The average Bonchev–Trinajstić information content (AvgIpc) is 3.32. The van der Waals surface area contributed by atoms with E-state index in [2.05, 4.69) is 43.4 Å². The molecule has 1 atom stereocenters. The second kappa shape index (κ2) is 13.3. The molecule has 3 N–H and O–H groups in total. The van der Waals surface area contributed by atoms with Gasteiger partial charge in [0, 0.05) is 24.5 Å². The first-order valence-electron chi connectivity index (χ1n) is 9.31. The van der Waals surface area contributed by atoms with E-state index in [1.807, 2.05) is 13.8 Å². The molecule has 1 saturated heterocycles. The van der Waals surface area contributed by atoms with Crippen LogP contribution < -0.4 is 16.0 Å². The molecule has 26 heavy (non-hydrogen) atoms. The van der Waals surface area contributed by atoms with Crippen LogP contribution in [0.25, 0.3) is 0 Å². The number of hydrogen-bond donors (Lipinski definition) is 3. The Morgan fingerprint density at radius 1 is 1.27 bits per heavy atom. The van der Waals surface area contributed by atoms with Gasteiger partial charge in [0.15, 0.2) is 5.96 Å². The first-order chi connectivity index (χ1) is 12.2. The van der Waals surface area contributed by atoms with Crippen LogP contribution in [0.15, 0.2) is 22.5 Å². The predicted molar refractivity (Wildman–Crippen MR) is 121 cm³/mol. The fraction of sp³-hybridized carbons (Fsp3) is 0.667. The van der Waals surface area contributed by atoms with E-state index in [0.29, 0.717) is 18.5 Å². The smallest absolute Gasteiger partial charge is 0.241 e. The number of guanidine groups is 1. The molecule has 1 aromatic rings. The van der Waals surface area contributed by atoms with Crippen molar-refractivity contribution in [3.05, 3.63) is 22.4 Å². The molecule has 8 heteroatoms. The van der Waals surface area contributed by atoms with E-state index in [-0.39, 0.29) is 36.4 Å². The van der Waals surface area contributed by atoms with E-state index in [1.54, 1.807) is 11.3 Å². The van der Waals surface area contributed by atoms with Crippen LogP contribution in [-0.2, 0) is 4.79 Å². The highest BCUT2D eigenvalue weighted by Gasteiger charge is 2.24. The molecule has 0 aromatic carbocycles. The molecule has 0 spiro atoms. The van der Waals surface area contributed by atoms with E-state index in [9.17, 15) is 4.79 Å². The Morgan fingerprint density at radius 3 is 2.65 bits per heavy atom. The van der Waals surface area contributed by atoms with Crippen LogP contribution in [0.5, 0.6) is 0 Å². The number of carbonyl (C=O) groups is 1. The summed E-state index contributed by atoms with van der Waals surface area (Å²) < 4.78 is 0. The predicted octanol–water partition coefficient (Wildman–Crippen LogP) is 2.58. The van der Waals surface area contributed by atoms with Crippen molar-refractivity contribution >= 4 is 47.2 Å². The third-order valence-electron chi connectivity index (χ3n) is 4.21. The lowest BCUT2D eigenvalue weighted by atomic mass is 10.2. The number of likely N-dealkylation sites (tertiary alicyclic amines) is 1. The fourth-order valence-corrected chi connectivity index (χ4v) is 3.81. The zero-order valence-electron chi connectivity index (χ0n) is 15.8. The van der Waals surface area contributed by atoms with Gasteiger partial charge in [-0.3, -0.25) is 9.69 Å². The molecule has 1 unspecified atom stereocenters. The molecule has 2 heterocycles. The minimum absolute atomic E-state index is 0. The molecule has 1 aromatic heterocycles. The minimum atomic E-state index is -0.0339. The molecule has 0 saturated carbocycles. The molecule has 148 valence electrons. The Morgan fingerprint density at radius 2 is 2.04 bits per heavy atom. The molecule has 1 amide bonds. The number of halogens is 1. The average molecular weight is 493 g/mol. The lowest BCUT2D eigenvalue weighted by molar-refractivity contribution is -0.119. The molecule has 1 aliphatic rings. The summed E-state index contributed by atoms with van der Waals surface area (Å²) in [4.78, 5) is 20.1. The molecule has 0 bridgehead atoms. The summed E-state index contributed by atoms with van der Waals surface area (Å²) in [6, 6.07) is 4.68.